The van der Waals surface area contributed by atoms with Gasteiger partial charge in [-0.05, 0) is 0 Å². The van der Waals surface area contributed by atoms with Gasteiger partial charge in [0.2, 0.25) is 0 Å². The fourth-order valence-electron chi connectivity index (χ4n) is 0.916. The molecular formula is C7H7ClN2O4. The molecule has 0 saturated carbocycles. The van der Waals surface area contributed by atoms with E-state index in [1.807, 2.05) is 4.98 Å². The lowest BCUT2D eigenvalue weighted by atomic mass is 10.2. The fourth-order valence-corrected chi connectivity index (χ4v) is 1.21. The molecule has 14 heavy (non-hydrogen) atoms. The van der Waals surface area contributed by atoms with E-state index in [-0.39, 0.29) is 12.0 Å². The molecule has 0 radical (unpaired) electrons. The third kappa shape index (κ3) is 2.46. The molecule has 6 nitrogen and oxygen atoms in total. The third-order valence-electron chi connectivity index (χ3n) is 1.54. The number of aromatic nitrogens is 2. The molecule has 0 saturated heterocycles. The Kier molecular flexibility index (Phi) is 3.08. The van der Waals surface area contributed by atoms with Crippen LogP contribution in [0.3, 0.4) is 0 Å². The standard InChI is InChI=1S/C7H7ClN2O4/c8-4(1-5(11)12)3-2-9-7(14)10-6(3)13/h2,4H,1H2,(H,11,12)(H2,9,10,13,14). The van der Waals surface area contributed by atoms with Gasteiger partial charge >= 0.3 is 11.7 Å². The number of nitrogens with one attached hydrogen (secondary N) is 2. The Balaban J connectivity index is 3.02. The second-order valence-electron chi connectivity index (χ2n) is 2.59. The van der Waals surface area contributed by atoms with E-state index in [0.29, 0.717) is 0 Å². The summed E-state index contributed by atoms with van der Waals surface area (Å²) in [7, 11) is 0. The van der Waals surface area contributed by atoms with Crippen molar-refractivity contribution in [2.45, 2.75) is 11.8 Å². The minimum atomic E-state index is -1.12. The first-order chi connectivity index (χ1) is 6.50. The van der Waals surface area contributed by atoms with Crippen LogP contribution in [0.15, 0.2) is 15.8 Å². The lowest BCUT2D eigenvalue weighted by Crippen LogP contribution is -2.25. The molecule has 0 spiro atoms. The Morgan fingerprint density at radius 3 is 2.71 bits per heavy atom. The molecule has 0 fully saturated rings. The van der Waals surface area contributed by atoms with E-state index in [1.54, 1.807) is 0 Å². The number of aromatic amines is 2. The average Bonchev–Trinajstić information content (AvgIpc) is 2.01. The predicted molar refractivity (Wildman–Crippen MR) is 48.5 cm³/mol. The van der Waals surface area contributed by atoms with Crippen molar-refractivity contribution in [1.82, 2.24) is 9.97 Å². The molecule has 0 aliphatic carbocycles. The van der Waals surface area contributed by atoms with Gasteiger partial charge in [0.25, 0.3) is 5.56 Å². The lowest BCUT2D eigenvalue weighted by molar-refractivity contribution is -0.137. The van der Waals surface area contributed by atoms with Crippen molar-refractivity contribution >= 4 is 17.6 Å². The number of rotatable bonds is 3. The van der Waals surface area contributed by atoms with E-state index >= 15 is 0 Å². The van der Waals surface area contributed by atoms with Gasteiger partial charge < -0.3 is 10.1 Å². The largest absolute Gasteiger partial charge is 0.481 e. The normalized spacial score (nSPS) is 12.4. The van der Waals surface area contributed by atoms with Gasteiger partial charge in [0.1, 0.15) is 0 Å². The maximum Gasteiger partial charge on any atom is 0.325 e. The summed E-state index contributed by atoms with van der Waals surface area (Å²) in [6.07, 6.45) is 0.735. The second-order valence-corrected chi connectivity index (χ2v) is 3.12. The van der Waals surface area contributed by atoms with Gasteiger partial charge in [0.15, 0.2) is 0 Å². The van der Waals surface area contributed by atoms with E-state index in [9.17, 15) is 14.4 Å². The van der Waals surface area contributed by atoms with E-state index in [2.05, 4.69) is 4.98 Å². The van der Waals surface area contributed by atoms with Gasteiger partial charge in [0.05, 0.1) is 17.4 Å². The molecule has 0 aliphatic rings. The number of carboxylic acids is 1. The van der Waals surface area contributed by atoms with Crippen LogP contribution in [-0.4, -0.2) is 21.0 Å². The number of carboxylic acid groups (broad SMARTS) is 1. The molecule has 1 heterocycles. The van der Waals surface area contributed by atoms with Crippen LogP contribution in [0.2, 0.25) is 0 Å². The number of H-pyrrole nitrogens is 2. The van der Waals surface area contributed by atoms with E-state index in [0.717, 1.165) is 6.20 Å². The second kappa shape index (κ2) is 4.10. The zero-order valence-corrected chi connectivity index (χ0v) is 7.67. The Bertz CT molecular complexity index is 449. The molecule has 1 unspecified atom stereocenters. The minimum absolute atomic E-state index is 0.0358. The topological polar surface area (TPSA) is 103 Å². The molecule has 0 amide bonds. The first-order valence-electron chi connectivity index (χ1n) is 3.68. The summed E-state index contributed by atoms with van der Waals surface area (Å²) in [6.45, 7) is 0. The maximum atomic E-state index is 11.1. The number of hydrogen-bond donors (Lipinski definition) is 3. The van der Waals surface area contributed by atoms with Gasteiger partial charge in [0, 0.05) is 6.20 Å². The summed E-state index contributed by atoms with van der Waals surface area (Å²) in [5.41, 5.74) is -1.29. The quantitative estimate of drug-likeness (QED) is 0.612. The molecule has 76 valence electrons. The van der Waals surface area contributed by atoms with Crippen LogP contribution >= 0.6 is 11.6 Å². The first-order valence-corrected chi connectivity index (χ1v) is 4.12. The van der Waals surface area contributed by atoms with E-state index in [1.165, 1.54) is 0 Å². The highest BCUT2D eigenvalue weighted by Crippen LogP contribution is 2.19. The van der Waals surface area contributed by atoms with Crippen molar-refractivity contribution in [2.75, 3.05) is 0 Å². The summed E-state index contributed by atoms with van der Waals surface area (Å²) in [4.78, 5) is 36.2. The molecule has 1 rings (SSSR count). The fraction of sp³-hybridized carbons (Fsp3) is 0.286. The molecule has 7 heteroatoms. The summed E-state index contributed by atoms with van der Waals surface area (Å²) < 4.78 is 0. The van der Waals surface area contributed by atoms with Crippen molar-refractivity contribution < 1.29 is 9.90 Å². The van der Waals surface area contributed by atoms with Crippen LogP contribution in [0.5, 0.6) is 0 Å². The maximum absolute atomic E-state index is 11.1. The highest BCUT2D eigenvalue weighted by atomic mass is 35.5. The van der Waals surface area contributed by atoms with Crippen LogP contribution in [0.1, 0.15) is 17.4 Å². The van der Waals surface area contributed by atoms with Gasteiger partial charge in [-0.2, -0.15) is 0 Å². The van der Waals surface area contributed by atoms with E-state index in [4.69, 9.17) is 16.7 Å². The molecule has 1 aromatic heterocycles. The van der Waals surface area contributed by atoms with Crippen LogP contribution in [0.4, 0.5) is 0 Å². The number of carbonyl (C=O) groups is 1. The minimum Gasteiger partial charge on any atom is -0.481 e. The number of alkyl halides is 1. The van der Waals surface area contributed by atoms with Crippen molar-refractivity contribution in [1.29, 1.82) is 0 Å². The molecule has 0 aliphatic heterocycles. The molecule has 0 bridgehead atoms. The van der Waals surface area contributed by atoms with Crippen LogP contribution < -0.4 is 11.2 Å². The summed E-state index contributed by atoms with van der Waals surface area (Å²) in [6, 6.07) is 0. The van der Waals surface area contributed by atoms with Gasteiger partial charge in [-0.25, -0.2) is 4.79 Å². The zero-order chi connectivity index (χ0) is 10.7. The molecule has 1 aromatic rings. The van der Waals surface area contributed by atoms with Crippen molar-refractivity contribution in [3.05, 3.63) is 32.6 Å². The highest BCUT2D eigenvalue weighted by Gasteiger charge is 2.15. The van der Waals surface area contributed by atoms with Crippen LogP contribution in [-0.2, 0) is 4.79 Å². The van der Waals surface area contributed by atoms with Gasteiger partial charge in [-0.3, -0.25) is 14.6 Å². The average molecular weight is 219 g/mol. The highest BCUT2D eigenvalue weighted by molar-refractivity contribution is 6.21. The lowest BCUT2D eigenvalue weighted by Gasteiger charge is -2.03. The molecule has 1 atom stereocenters. The monoisotopic (exact) mass is 218 g/mol. The SMILES string of the molecule is O=C(O)CC(Cl)c1c[nH]c(=O)[nH]c1=O. The van der Waals surface area contributed by atoms with Crippen molar-refractivity contribution in [3.8, 4) is 0 Å². The summed E-state index contributed by atoms with van der Waals surface area (Å²) in [5, 5.41) is 7.47. The summed E-state index contributed by atoms with van der Waals surface area (Å²) in [5.74, 6) is -1.12. The van der Waals surface area contributed by atoms with Crippen molar-refractivity contribution in [3.63, 3.8) is 0 Å². The Labute approximate surface area is 82.5 Å². The number of hydrogen-bond acceptors (Lipinski definition) is 3. The molecule has 0 aromatic carbocycles. The van der Waals surface area contributed by atoms with Crippen molar-refractivity contribution in [2.24, 2.45) is 0 Å². The Hall–Kier alpha value is -1.56. The molecular weight excluding hydrogens is 212 g/mol. The van der Waals surface area contributed by atoms with E-state index < -0.39 is 22.6 Å². The van der Waals surface area contributed by atoms with Crippen LogP contribution in [0, 0.1) is 0 Å². The first kappa shape index (κ1) is 10.5. The van der Waals surface area contributed by atoms with Gasteiger partial charge in [-0.1, -0.05) is 0 Å². The summed E-state index contributed by atoms with van der Waals surface area (Å²) >= 11 is 5.64. The smallest absolute Gasteiger partial charge is 0.325 e. The number of halogens is 1. The zero-order valence-electron chi connectivity index (χ0n) is 6.91. The van der Waals surface area contributed by atoms with Crippen LogP contribution in [0.25, 0.3) is 0 Å². The Morgan fingerprint density at radius 2 is 2.21 bits per heavy atom. The third-order valence-corrected chi connectivity index (χ3v) is 1.93. The Morgan fingerprint density at radius 1 is 1.57 bits per heavy atom. The van der Waals surface area contributed by atoms with Gasteiger partial charge in [-0.15, -0.1) is 11.6 Å². The predicted octanol–water partition coefficient (Wildman–Crippen LogP) is -0.182. The number of aliphatic carboxylic acids is 1. The molecule has 3 N–H and O–H groups in total.